The molecule has 4 rings (SSSR count). The Balaban J connectivity index is 1.60. The van der Waals surface area contributed by atoms with E-state index >= 15 is 0 Å². The second-order valence-electron chi connectivity index (χ2n) is 10.7. The van der Waals surface area contributed by atoms with Gasteiger partial charge in [0, 0.05) is 32.2 Å². The van der Waals surface area contributed by atoms with Crippen molar-refractivity contribution in [2.45, 2.75) is 49.8 Å². The number of hydrogen-bond acceptors (Lipinski definition) is 7. The van der Waals surface area contributed by atoms with E-state index < -0.39 is 59.5 Å². The first kappa shape index (κ1) is 30.9. The molecule has 1 saturated heterocycles. The van der Waals surface area contributed by atoms with Crippen molar-refractivity contribution in [1.82, 2.24) is 20.9 Å². The van der Waals surface area contributed by atoms with Crippen molar-refractivity contribution in [3.63, 3.8) is 0 Å². The molecule has 1 fully saturated rings. The molecule has 0 bridgehead atoms. The minimum Gasteiger partial charge on any atom is -0.491 e. The molecule has 2 aromatic carbocycles. The number of aliphatic hydroxyl groups is 1. The Kier molecular flexibility index (Phi) is 10.1. The van der Waals surface area contributed by atoms with Gasteiger partial charge in [0.2, 0.25) is 17.7 Å². The van der Waals surface area contributed by atoms with Gasteiger partial charge >= 0.3 is 0 Å². The quantitative estimate of drug-likeness (QED) is 0.409. The Morgan fingerprint density at radius 2 is 1.86 bits per heavy atom. The minimum absolute atomic E-state index is 0.0444. The highest BCUT2D eigenvalue weighted by molar-refractivity contribution is 6.01. The van der Waals surface area contributed by atoms with Crippen LogP contribution in [0.3, 0.4) is 0 Å². The number of hydrogen-bond donors (Lipinski definition) is 4. The van der Waals surface area contributed by atoms with Crippen LogP contribution in [0.5, 0.6) is 5.75 Å². The molecular weight excluding hydrogens is 547 g/mol. The standard InChI is InChI=1S/C30H37FN4O7/c1-19(36)26-29(40)35(2)12-15-42-24-9-4-3-8-22(24)27(38)33-23(17-25(37)34-26)28(39)32-18-30(10-13-41-14-11-30)20-6-5-7-21(31)16-20/h3-9,16,19,23,26,36H,10-15,17-18H2,1-2H3,(H,32,39)(H,33,38)(H,34,37)/t19-,23+,26+/m1/s1. The van der Waals surface area contributed by atoms with Gasteiger partial charge in [-0.15, -0.1) is 0 Å². The lowest BCUT2D eigenvalue weighted by atomic mass is 9.74. The van der Waals surface area contributed by atoms with Gasteiger partial charge < -0.3 is 35.4 Å². The monoisotopic (exact) mass is 584 g/mol. The Morgan fingerprint density at radius 1 is 1.12 bits per heavy atom. The molecule has 42 heavy (non-hydrogen) atoms. The summed E-state index contributed by atoms with van der Waals surface area (Å²) < 4.78 is 25.4. The van der Waals surface area contributed by atoms with Crippen molar-refractivity contribution in [3.05, 3.63) is 65.5 Å². The average molecular weight is 585 g/mol. The van der Waals surface area contributed by atoms with Crippen LogP contribution in [0, 0.1) is 5.82 Å². The number of ether oxygens (including phenoxy) is 2. The maximum Gasteiger partial charge on any atom is 0.255 e. The molecule has 2 aliphatic heterocycles. The molecule has 3 atom stereocenters. The van der Waals surface area contributed by atoms with E-state index in [-0.39, 0.29) is 31.0 Å². The van der Waals surface area contributed by atoms with Gasteiger partial charge in [0.1, 0.15) is 30.3 Å². The highest BCUT2D eigenvalue weighted by Gasteiger charge is 2.37. The summed E-state index contributed by atoms with van der Waals surface area (Å²) in [6, 6.07) is 10.1. The second-order valence-corrected chi connectivity index (χ2v) is 10.7. The lowest BCUT2D eigenvalue weighted by Gasteiger charge is -2.38. The minimum atomic E-state index is -1.33. The molecule has 0 saturated carbocycles. The van der Waals surface area contributed by atoms with Crippen molar-refractivity contribution in [1.29, 1.82) is 0 Å². The number of benzene rings is 2. The Bertz CT molecular complexity index is 1300. The van der Waals surface area contributed by atoms with E-state index in [2.05, 4.69) is 16.0 Å². The lowest BCUT2D eigenvalue weighted by Crippen LogP contribution is -2.56. The summed E-state index contributed by atoms with van der Waals surface area (Å²) in [7, 11) is 1.51. The van der Waals surface area contributed by atoms with E-state index in [4.69, 9.17) is 9.47 Å². The second kappa shape index (κ2) is 13.8. The van der Waals surface area contributed by atoms with Crippen molar-refractivity contribution in [2.24, 2.45) is 0 Å². The third kappa shape index (κ3) is 7.42. The van der Waals surface area contributed by atoms with Crippen LogP contribution in [0.15, 0.2) is 48.5 Å². The highest BCUT2D eigenvalue weighted by Crippen LogP contribution is 2.34. The van der Waals surface area contributed by atoms with Crippen LogP contribution in [0.4, 0.5) is 4.39 Å². The number of nitrogens with zero attached hydrogens (tertiary/aromatic N) is 1. The smallest absolute Gasteiger partial charge is 0.255 e. The first-order valence-electron chi connectivity index (χ1n) is 14.0. The van der Waals surface area contributed by atoms with Gasteiger partial charge in [-0.05, 0) is 49.6 Å². The van der Waals surface area contributed by atoms with Crippen molar-refractivity contribution < 1.29 is 38.1 Å². The average Bonchev–Trinajstić information content (AvgIpc) is 2.98. The van der Waals surface area contributed by atoms with Crippen LogP contribution in [-0.4, -0.2) is 91.8 Å². The molecule has 226 valence electrons. The van der Waals surface area contributed by atoms with Gasteiger partial charge in [-0.25, -0.2) is 4.39 Å². The van der Waals surface area contributed by atoms with E-state index in [1.54, 1.807) is 30.3 Å². The van der Waals surface area contributed by atoms with Crippen molar-refractivity contribution in [2.75, 3.05) is 40.0 Å². The molecule has 0 radical (unpaired) electrons. The molecule has 0 aliphatic carbocycles. The van der Waals surface area contributed by atoms with Crippen LogP contribution < -0.4 is 20.7 Å². The third-order valence-electron chi connectivity index (χ3n) is 7.76. The number of fused-ring (bicyclic) bond motifs is 1. The van der Waals surface area contributed by atoms with E-state index in [0.29, 0.717) is 31.6 Å². The number of amides is 4. The fraction of sp³-hybridized carbons (Fsp3) is 0.467. The zero-order chi connectivity index (χ0) is 30.3. The highest BCUT2D eigenvalue weighted by atomic mass is 19.1. The number of likely N-dealkylation sites (N-methyl/N-ethyl adjacent to an activating group) is 1. The molecule has 0 unspecified atom stereocenters. The van der Waals surface area contributed by atoms with Gasteiger partial charge in [0.25, 0.3) is 5.91 Å². The molecule has 12 heteroatoms. The van der Waals surface area contributed by atoms with Gasteiger partial charge in [0.15, 0.2) is 0 Å². The molecule has 0 spiro atoms. The first-order valence-corrected chi connectivity index (χ1v) is 14.0. The number of carbonyl (C=O) groups excluding carboxylic acids is 4. The molecule has 2 heterocycles. The Morgan fingerprint density at radius 3 is 2.57 bits per heavy atom. The lowest BCUT2D eigenvalue weighted by molar-refractivity contribution is -0.139. The molecule has 11 nitrogen and oxygen atoms in total. The number of carbonyl (C=O) groups is 4. The van der Waals surface area contributed by atoms with Crippen LogP contribution in [-0.2, 0) is 24.5 Å². The number of rotatable bonds is 5. The molecule has 2 aromatic rings. The zero-order valence-corrected chi connectivity index (χ0v) is 23.7. The summed E-state index contributed by atoms with van der Waals surface area (Å²) in [5.74, 6) is -2.66. The summed E-state index contributed by atoms with van der Waals surface area (Å²) in [4.78, 5) is 54.4. The maximum atomic E-state index is 14.1. The SMILES string of the molecule is C[C@@H](O)[C@@H]1NC(=O)C[C@@H](C(=O)NCC2(c3cccc(F)c3)CCOCC2)NC(=O)c2ccccc2OCCN(C)C1=O. The van der Waals surface area contributed by atoms with E-state index in [1.807, 2.05) is 0 Å². The van der Waals surface area contributed by atoms with E-state index in [0.717, 1.165) is 0 Å². The van der Waals surface area contributed by atoms with Gasteiger partial charge in [-0.3, -0.25) is 19.2 Å². The molecular formula is C30H37FN4O7. The maximum absolute atomic E-state index is 14.1. The van der Waals surface area contributed by atoms with Gasteiger partial charge in [-0.2, -0.15) is 0 Å². The first-order chi connectivity index (χ1) is 20.1. The van der Waals surface area contributed by atoms with Crippen molar-refractivity contribution in [3.8, 4) is 5.75 Å². The fourth-order valence-electron chi connectivity index (χ4n) is 5.20. The van der Waals surface area contributed by atoms with Crippen molar-refractivity contribution >= 4 is 23.6 Å². The van der Waals surface area contributed by atoms with Gasteiger partial charge in [0.05, 0.1) is 24.6 Å². The molecule has 0 aromatic heterocycles. The topological polar surface area (TPSA) is 146 Å². The van der Waals surface area contributed by atoms with Crippen LogP contribution in [0.2, 0.25) is 0 Å². The normalized spacial score (nSPS) is 22.5. The van der Waals surface area contributed by atoms with Gasteiger partial charge in [-0.1, -0.05) is 24.3 Å². The number of aliphatic hydroxyl groups excluding tert-OH is 1. The Labute approximate surface area is 243 Å². The van der Waals surface area contributed by atoms with E-state index in [9.17, 15) is 28.7 Å². The summed E-state index contributed by atoms with van der Waals surface area (Å²) in [5, 5.41) is 18.2. The molecule has 2 aliphatic rings. The Hall–Kier alpha value is -4.03. The fourth-order valence-corrected chi connectivity index (χ4v) is 5.20. The molecule has 4 amide bonds. The summed E-state index contributed by atoms with van der Waals surface area (Å²) in [6.07, 6.45) is -0.661. The predicted molar refractivity (Wildman–Crippen MR) is 150 cm³/mol. The summed E-state index contributed by atoms with van der Waals surface area (Å²) in [6.45, 7) is 2.52. The van der Waals surface area contributed by atoms with Crippen LogP contribution in [0.25, 0.3) is 0 Å². The number of halogens is 1. The third-order valence-corrected chi connectivity index (χ3v) is 7.76. The zero-order valence-electron chi connectivity index (χ0n) is 23.7. The summed E-state index contributed by atoms with van der Waals surface area (Å²) >= 11 is 0. The number of nitrogens with one attached hydrogen (secondary N) is 3. The van der Waals surface area contributed by atoms with E-state index in [1.165, 1.54) is 37.1 Å². The van der Waals surface area contributed by atoms with Crippen LogP contribution >= 0.6 is 0 Å². The molecule has 4 N–H and O–H groups in total. The van der Waals surface area contributed by atoms with Crippen LogP contribution in [0.1, 0.15) is 42.1 Å². The number of para-hydroxylation sites is 1. The largest absolute Gasteiger partial charge is 0.491 e. The predicted octanol–water partition coefficient (Wildman–Crippen LogP) is 0.895. The summed E-state index contributed by atoms with van der Waals surface area (Å²) in [5.41, 5.74) is 0.259.